The zero-order chi connectivity index (χ0) is 15.1. The second-order valence-corrected chi connectivity index (χ2v) is 4.39. The summed E-state index contributed by atoms with van der Waals surface area (Å²) in [5, 5.41) is 18.1. The summed E-state index contributed by atoms with van der Waals surface area (Å²) in [4.78, 5) is 12.8. The van der Waals surface area contributed by atoms with Gasteiger partial charge in [0, 0.05) is 14.1 Å². The van der Waals surface area contributed by atoms with Crippen LogP contribution in [0.25, 0.3) is 0 Å². The number of benzene rings is 1. The Labute approximate surface area is 118 Å². The Morgan fingerprint density at radius 3 is 2.70 bits per heavy atom. The first-order valence-electron chi connectivity index (χ1n) is 6.01. The smallest absolute Gasteiger partial charge is 0.335 e. The highest BCUT2D eigenvalue weighted by molar-refractivity contribution is 5.89. The van der Waals surface area contributed by atoms with Crippen molar-refractivity contribution in [2.75, 3.05) is 19.0 Å². The Morgan fingerprint density at radius 1 is 1.50 bits per heavy atom. The molecular weight excluding hydrogens is 254 g/mol. The summed E-state index contributed by atoms with van der Waals surface area (Å²) in [7, 11) is 3.73. The van der Waals surface area contributed by atoms with Crippen molar-refractivity contribution in [3.63, 3.8) is 0 Å². The third-order valence-electron chi connectivity index (χ3n) is 2.74. The predicted molar refractivity (Wildman–Crippen MR) is 78.2 cm³/mol. The molecule has 0 fully saturated rings. The first-order chi connectivity index (χ1) is 9.49. The molecule has 0 spiro atoms. The number of carboxylic acid groups (broad SMARTS) is 1. The van der Waals surface area contributed by atoms with Gasteiger partial charge in [0.05, 0.1) is 16.8 Å². The minimum Gasteiger partial charge on any atom is -0.478 e. The lowest BCUT2D eigenvalue weighted by Gasteiger charge is -2.14. The van der Waals surface area contributed by atoms with Crippen molar-refractivity contribution < 1.29 is 9.90 Å². The normalized spacial score (nSPS) is 11.3. The fourth-order valence-corrected chi connectivity index (χ4v) is 1.75. The van der Waals surface area contributed by atoms with Crippen molar-refractivity contribution in [1.29, 1.82) is 5.26 Å². The summed E-state index contributed by atoms with van der Waals surface area (Å²) in [6, 6.07) is 7.62. The molecule has 1 aromatic carbocycles. The van der Waals surface area contributed by atoms with Crippen LogP contribution in [0.4, 0.5) is 5.69 Å². The maximum Gasteiger partial charge on any atom is 0.335 e. The van der Waals surface area contributed by atoms with E-state index in [1.807, 2.05) is 31.1 Å². The molecule has 0 aliphatic rings. The molecular formula is C15H17N3O2. The van der Waals surface area contributed by atoms with Gasteiger partial charge in [-0.3, -0.25) is 0 Å². The number of aliphatic carboxylic acids is 1. The number of rotatable bonds is 5. The maximum absolute atomic E-state index is 10.9. The standard InChI is InChI=1S/C15H17N3O2/c1-18(2)14-6-4-11(9-13(14)10-17)3-5-12(7-8-16)15(19)20/h4-9H,3,16H2,1-2H3,(H,19,20)/b8-7-,12-5+. The molecule has 0 saturated heterocycles. The van der Waals surface area contributed by atoms with E-state index in [2.05, 4.69) is 6.07 Å². The molecule has 0 amide bonds. The van der Waals surface area contributed by atoms with Gasteiger partial charge in [0.15, 0.2) is 0 Å². The molecule has 20 heavy (non-hydrogen) atoms. The second-order valence-electron chi connectivity index (χ2n) is 4.39. The van der Waals surface area contributed by atoms with Crippen molar-refractivity contribution in [2.24, 2.45) is 5.73 Å². The molecule has 3 N–H and O–H groups in total. The average molecular weight is 271 g/mol. The van der Waals surface area contributed by atoms with E-state index in [0.29, 0.717) is 12.0 Å². The Balaban J connectivity index is 3.03. The highest BCUT2D eigenvalue weighted by atomic mass is 16.4. The Bertz CT molecular complexity index is 596. The second kappa shape index (κ2) is 7.00. The number of nitriles is 1. The number of anilines is 1. The molecule has 5 heteroatoms. The third-order valence-corrected chi connectivity index (χ3v) is 2.74. The molecule has 0 aliphatic heterocycles. The zero-order valence-corrected chi connectivity index (χ0v) is 11.5. The largest absolute Gasteiger partial charge is 0.478 e. The van der Waals surface area contributed by atoms with Crippen molar-refractivity contribution >= 4 is 11.7 Å². The minimum absolute atomic E-state index is 0.127. The molecule has 0 radical (unpaired) electrons. The molecule has 0 saturated carbocycles. The summed E-state index contributed by atoms with van der Waals surface area (Å²) in [5.74, 6) is -1.03. The van der Waals surface area contributed by atoms with Crippen molar-refractivity contribution in [2.45, 2.75) is 6.42 Å². The van der Waals surface area contributed by atoms with E-state index in [-0.39, 0.29) is 5.57 Å². The van der Waals surface area contributed by atoms with Crippen LogP contribution in [0.3, 0.4) is 0 Å². The van der Waals surface area contributed by atoms with Crippen LogP contribution < -0.4 is 10.6 Å². The van der Waals surface area contributed by atoms with Crippen LogP contribution in [-0.4, -0.2) is 25.2 Å². The fourth-order valence-electron chi connectivity index (χ4n) is 1.75. The monoisotopic (exact) mass is 271 g/mol. The van der Waals surface area contributed by atoms with E-state index >= 15 is 0 Å². The molecule has 0 heterocycles. The first kappa shape index (κ1) is 15.3. The third kappa shape index (κ3) is 3.89. The summed E-state index contributed by atoms with van der Waals surface area (Å²) in [6.45, 7) is 0. The molecule has 1 rings (SSSR count). The van der Waals surface area contributed by atoms with Gasteiger partial charge >= 0.3 is 5.97 Å². The van der Waals surface area contributed by atoms with Gasteiger partial charge in [0.25, 0.3) is 0 Å². The van der Waals surface area contributed by atoms with Gasteiger partial charge in [-0.1, -0.05) is 12.1 Å². The average Bonchev–Trinajstić information content (AvgIpc) is 2.42. The van der Waals surface area contributed by atoms with Crippen LogP contribution >= 0.6 is 0 Å². The van der Waals surface area contributed by atoms with Crippen molar-refractivity contribution in [3.05, 3.63) is 53.3 Å². The Kier molecular flexibility index (Phi) is 5.36. The van der Waals surface area contributed by atoms with E-state index in [9.17, 15) is 4.79 Å². The number of nitrogens with two attached hydrogens (primary N) is 1. The molecule has 0 unspecified atom stereocenters. The molecule has 0 bridgehead atoms. The Morgan fingerprint density at radius 2 is 2.20 bits per heavy atom. The number of hydrogen-bond donors (Lipinski definition) is 2. The molecule has 0 aromatic heterocycles. The van der Waals surface area contributed by atoms with Crippen LogP contribution in [0.5, 0.6) is 0 Å². The van der Waals surface area contributed by atoms with Gasteiger partial charge < -0.3 is 15.7 Å². The molecule has 1 aromatic rings. The van der Waals surface area contributed by atoms with Gasteiger partial charge in [0.2, 0.25) is 0 Å². The minimum atomic E-state index is -1.03. The maximum atomic E-state index is 10.9. The zero-order valence-electron chi connectivity index (χ0n) is 11.5. The molecule has 104 valence electrons. The number of carbonyl (C=O) groups is 1. The SMILES string of the molecule is CN(C)c1ccc(C/C=C(\C=C/N)C(=O)O)cc1C#N. The van der Waals surface area contributed by atoms with E-state index in [4.69, 9.17) is 16.1 Å². The number of hydrogen-bond acceptors (Lipinski definition) is 4. The lowest BCUT2D eigenvalue weighted by atomic mass is 10.0. The molecule has 5 nitrogen and oxygen atoms in total. The topological polar surface area (TPSA) is 90.3 Å². The molecule has 0 aliphatic carbocycles. The number of allylic oxidation sites excluding steroid dienone is 1. The van der Waals surface area contributed by atoms with E-state index in [0.717, 1.165) is 11.3 Å². The van der Waals surface area contributed by atoms with Gasteiger partial charge in [-0.05, 0) is 36.4 Å². The van der Waals surface area contributed by atoms with Gasteiger partial charge in [-0.15, -0.1) is 0 Å². The Hall–Kier alpha value is -2.74. The highest BCUT2D eigenvalue weighted by Gasteiger charge is 2.06. The van der Waals surface area contributed by atoms with Gasteiger partial charge in [-0.2, -0.15) is 5.26 Å². The first-order valence-corrected chi connectivity index (χ1v) is 6.01. The number of carboxylic acids is 1. The van der Waals surface area contributed by atoms with Crippen LogP contribution in [0.15, 0.2) is 42.1 Å². The fraction of sp³-hybridized carbons (Fsp3) is 0.200. The van der Waals surface area contributed by atoms with E-state index in [1.165, 1.54) is 12.3 Å². The summed E-state index contributed by atoms with van der Waals surface area (Å²) < 4.78 is 0. The summed E-state index contributed by atoms with van der Waals surface area (Å²) in [5.41, 5.74) is 7.60. The number of nitrogens with zero attached hydrogens (tertiary/aromatic N) is 2. The highest BCUT2D eigenvalue weighted by Crippen LogP contribution is 2.20. The van der Waals surface area contributed by atoms with Gasteiger partial charge in [-0.25, -0.2) is 4.79 Å². The van der Waals surface area contributed by atoms with Gasteiger partial charge in [0.1, 0.15) is 6.07 Å². The summed E-state index contributed by atoms with van der Waals surface area (Å²) >= 11 is 0. The van der Waals surface area contributed by atoms with Crippen LogP contribution in [0.1, 0.15) is 11.1 Å². The molecule has 0 atom stereocenters. The van der Waals surface area contributed by atoms with Crippen LogP contribution in [0, 0.1) is 11.3 Å². The van der Waals surface area contributed by atoms with Crippen LogP contribution in [0.2, 0.25) is 0 Å². The van der Waals surface area contributed by atoms with Crippen LogP contribution in [-0.2, 0) is 11.2 Å². The lowest BCUT2D eigenvalue weighted by Crippen LogP contribution is -2.10. The lowest BCUT2D eigenvalue weighted by molar-refractivity contribution is -0.132. The van der Waals surface area contributed by atoms with Crippen molar-refractivity contribution in [1.82, 2.24) is 0 Å². The van der Waals surface area contributed by atoms with E-state index in [1.54, 1.807) is 12.1 Å². The quantitative estimate of drug-likeness (QED) is 0.627. The van der Waals surface area contributed by atoms with E-state index < -0.39 is 5.97 Å². The summed E-state index contributed by atoms with van der Waals surface area (Å²) in [6.07, 6.45) is 4.52. The van der Waals surface area contributed by atoms with Crippen molar-refractivity contribution in [3.8, 4) is 6.07 Å². The predicted octanol–water partition coefficient (Wildman–Crippen LogP) is 1.65.